The highest BCUT2D eigenvalue weighted by Crippen LogP contribution is 2.19. The van der Waals surface area contributed by atoms with Crippen molar-refractivity contribution in [3.63, 3.8) is 0 Å². The molecule has 2 nitrogen and oxygen atoms in total. The SMILES string of the molecule is COCCCCN1CCCC1CBr. The number of hydrogen-bond acceptors (Lipinski definition) is 2. The lowest BCUT2D eigenvalue weighted by Gasteiger charge is -2.22. The number of halogens is 1. The first-order valence-electron chi connectivity index (χ1n) is 5.17. The minimum Gasteiger partial charge on any atom is -0.385 e. The maximum Gasteiger partial charge on any atom is 0.0462 e. The molecule has 0 aromatic carbocycles. The summed E-state index contributed by atoms with van der Waals surface area (Å²) in [7, 11) is 1.77. The van der Waals surface area contributed by atoms with Gasteiger partial charge in [0.25, 0.3) is 0 Å². The highest BCUT2D eigenvalue weighted by atomic mass is 79.9. The van der Waals surface area contributed by atoms with Crippen LogP contribution in [0.15, 0.2) is 0 Å². The van der Waals surface area contributed by atoms with Crippen LogP contribution in [0.3, 0.4) is 0 Å². The normalized spacial score (nSPS) is 24.0. The topological polar surface area (TPSA) is 12.5 Å². The molecule has 3 heteroatoms. The standard InChI is InChI=1S/C10H20BrNO/c1-13-8-3-2-6-12-7-4-5-10(12)9-11/h10H,2-9H2,1H3. The van der Waals surface area contributed by atoms with Crippen LogP contribution in [-0.4, -0.2) is 43.1 Å². The molecule has 13 heavy (non-hydrogen) atoms. The van der Waals surface area contributed by atoms with Crippen LogP contribution < -0.4 is 0 Å². The van der Waals surface area contributed by atoms with Gasteiger partial charge in [0.1, 0.15) is 0 Å². The van der Waals surface area contributed by atoms with Gasteiger partial charge in [0.05, 0.1) is 0 Å². The fourth-order valence-electron chi connectivity index (χ4n) is 1.93. The number of methoxy groups -OCH3 is 1. The molecule has 0 aromatic rings. The highest BCUT2D eigenvalue weighted by Gasteiger charge is 2.22. The number of rotatable bonds is 6. The average molecular weight is 250 g/mol. The molecule has 1 unspecified atom stereocenters. The first-order valence-corrected chi connectivity index (χ1v) is 6.29. The second-order valence-electron chi connectivity index (χ2n) is 3.69. The molecule has 1 rings (SSSR count). The summed E-state index contributed by atoms with van der Waals surface area (Å²) in [6.45, 7) is 3.45. The van der Waals surface area contributed by atoms with E-state index in [9.17, 15) is 0 Å². The Morgan fingerprint density at radius 3 is 3.00 bits per heavy atom. The molecule has 0 aromatic heterocycles. The Morgan fingerprint density at radius 2 is 2.31 bits per heavy atom. The smallest absolute Gasteiger partial charge is 0.0462 e. The Hall–Kier alpha value is 0.400. The minimum absolute atomic E-state index is 0.794. The molecule has 0 radical (unpaired) electrons. The maximum absolute atomic E-state index is 5.03. The zero-order chi connectivity index (χ0) is 9.52. The third-order valence-corrected chi connectivity index (χ3v) is 3.47. The van der Waals surface area contributed by atoms with Gasteiger partial charge in [0.15, 0.2) is 0 Å². The van der Waals surface area contributed by atoms with Crippen LogP contribution in [0, 0.1) is 0 Å². The van der Waals surface area contributed by atoms with Crippen LogP contribution in [0.4, 0.5) is 0 Å². The third-order valence-electron chi connectivity index (χ3n) is 2.72. The van der Waals surface area contributed by atoms with E-state index in [1.54, 1.807) is 7.11 Å². The van der Waals surface area contributed by atoms with E-state index in [2.05, 4.69) is 20.8 Å². The lowest BCUT2D eigenvalue weighted by Crippen LogP contribution is -2.31. The average Bonchev–Trinajstić information content (AvgIpc) is 2.60. The second kappa shape index (κ2) is 6.80. The molecule has 0 bridgehead atoms. The molecule has 1 aliphatic rings. The van der Waals surface area contributed by atoms with E-state index in [-0.39, 0.29) is 0 Å². The molecule has 0 N–H and O–H groups in total. The predicted molar refractivity (Wildman–Crippen MR) is 59.5 cm³/mol. The van der Waals surface area contributed by atoms with Gasteiger partial charge in [-0.05, 0) is 38.8 Å². The van der Waals surface area contributed by atoms with Gasteiger partial charge in [-0.15, -0.1) is 0 Å². The molecule has 78 valence electrons. The first-order chi connectivity index (χ1) is 6.38. The fraction of sp³-hybridized carbons (Fsp3) is 1.00. The summed E-state index contributed by atoms with van der Waals surface area (Å²) in [5, 5.41) is 1.14. The highest BCUT2D eigenvalue weighted by molar-refractivity contribution is 9.09. The largest absolute Gasteiger partial charge is 0.385 e. The number of likely N-dealkylation sites (tertiary alicyclic amines) is 1. The Morgan fingerprint density at radius 1 is 1.46 bits per heavy atom. The Kier molecular flexibility index (Phi) is 6.00. The van der Waals surface area contributed by atoms with Gasteiger partial charge in [0.2, 0.25) is 0 Å². The molecule has 0 spiro atoms. The van der Waals surface area contributed by atoms with Crippen molar-refractivity contribution in [3.05, 3.63) is 0 Å². The number of nitrogens with zero attached hydrogens (tertiary/aromatic N) is 1. The monoisotopic (exact) mass is 249 g/mol. The third kappa shape index (κ3) is 3.96. The summed E-state index contributed by atoms with van der Waals surface area (Å²) in [4.78, 5) is 2.60. The molecule has 1 saturated heterocycles. The van der Waals surface area contributed by atoms with Crippen molar-refractivity contribution in [2.45, 2.75) is 31.7 Å². The van der Waals surface area contributed by atoms with Crippen molar-refractivity contribution < 1.29 is 4.74 Å². The summed E-state index contributed by atoms with van der Waals surface area (Å²) in [5.74, 6) is 0. The van der Waals surface area contributed by atoms with Crippen LogP contribution in [0.2, 0.25) is 0 Å². The van der Waals surface area contributed by atoms with E-state index >= 15 is 0 Å². The number of alkyl halides is 1. The Balaban J connectivity index is 2.06. The van der Waals surface area contributed by atoms with Gasteiger partial charge in [-0.1, -0.05) is 15.9 Å². The van der Waals surface area contributed by atoms with Gasteiger partial charge in [0, 0.05) is 25.1 Å². The van der Waals surface area contributed by atoms with Crippen molar-refractivity contribution in [3.8, 4) is 0 Å². The molecule has 1 fully saturated rings. The predicted octanol–water partition coefficient (Wildman–Crippen LogP) is 2.27. The van der Waals surface area contributed by atoms with Crippen LogP contribution >= 0.6 is 15.9 Å². The number of hydrogen-bond donors (Lipinski definition) is 0. The first kappa shape index (κ1) is 11.5. The Labute approximate surface area is 89.8 Å². The Bertz CT molecular complexity index is 132. The van der Waals surface area contributed by atoms with Crippen LogP contribution in [0.25, 0.3) is 0 Å². The zero-order valence-corrected chi connectivity index (χ0v) is 10.1. The number of unbranched alkanes of at least 4 members (excludes halogenated alkanes) is 1. The van der Waals surface area contributed by atoms with Crippen molar-refractivity contribution >= 4 is 15.9 Å². The number of ether oxygens (including phenoxy) is 1. The van der Waals surface area contributed by atoms with E-state index in [0.717, 1.165) is 18.0 Å². The van der Waals surface area contributed by atoms with Crippen molar-refractivity contribution in [2.24, 2.45) is 0 Å². The second-order valence-corrected chi connectivity index (χ2v) is 4.33. The molecule has 1 atom stereocenters. The van der Waals surface area contributed by atoms with Crippen molar-refractivity contribution in [1.29, 1.82) is 0 Å². The zero-order valence-electron chi connectivity index (χ0n) is 8.47. The molecule has 1 aliphatic heterocycles. The molecule has 0 saturated carbocycles. The summed E-state index contributed by atoms with van der Waals surface area (Å²) in [5.41, 5.74) is 0. The molecule has 0 aliphatic carbocycles. The van der Waals surface area contributed by atoms with E-state index in [1.165, 1.54) is 38.8 Å². The van der Waals surface area contributed by atoms with Gasteiger partial charge >= 0.3 is 0 Å². The van der Waals surface area contributed by atoms with E-state index in [1.807, 2.05) is 0 Å². The van der Waals surface area contributed by atoms with Gasteiger partial charge in [-0.2, -0.15) is 0 Å². The molecular weight excluding hydrogens is 230 g/mol. The van der Waals surface area contributed by atoms with Crippen molar-refractivity contribution in [1.82, 2.24) is 4.90 Å². The minimum atomic E-state index is 0.794. The summed E-state index contributed by atoms with van der Waals surface area (Å²) in [6.07, 6.45) is 5.22. The van der Waals surface area contributed by atoms with Gasteiger partial charge in [-0.25, -0.2) is 0 Å². The molecule has 1 heterocycles. The van der Waals surface area contributed by atoms with E-state index < -0.39 is 0 Å². The lowest BCUT2D eigenvalue weighted by molar-refractivity contribution is 0.183. The van der Waals surface area contributed by atoms with Crippen LogP contribution in [0.1, 0.15) is 25.7 Å². The van der Waals surface area contributed by atoms with Crippen LogP contribution in [-0.2, 0) is 4.74 Å². The van der Waals surface area contributed by atoms with Crippen LogP contribution in [0.5, 0.6) is 0 Å². The van der Waals surface area contributed by atoms with E-state index in [0.29, 0.717) is 0 Å². The fourth-order valence-corrected chi connectivity index (χ4v) is 2.66. The summed E-state index contributed by atoms with van der Waals surface area (Å²) >= 11 is 3.57. The van der Waals surface area contributed by atoms with E-state index in [4.69, 9.17) is 4.74 Å². The van der Waals surface area contributed by atoms with Crippen molar-refractivity contribution in [2.75, 3.05) is 32.1 Å². The van der Waals surface area contributed by atoms with Gasteiger partial charge in [-0.3, -0.25) is 4.90 Å². The van der Waals surface area contributed by atoms with Gasteiger partial charge < -0.3 is 4.74 Å². The quantitative estimate of drug-likeness (QED) is 0.529. The molecular formula is C10H20BrNO. The summed E-state index contributed by atoms with van der Waals surface area (Å²) in [6, 6.07) is 0.794. The summed E-state index contributed by atoms with van der Waals surface area (Å²) < 4.78 is 5.03. The molecule has 0 amide bonds. The lowest BCUT2D eigenvalue weighted by atomic mass is 10.2. The maximum atomic E-state index is 5.03.